The maximum absolute atomic E-state index is 13.8. The van der Waals surface area contributed by atoms with Crippen LogP contribution in [0.15, 0.2) is 71.5 Å². The second kappa shape index (κ2) is 9.82. The summed E-state index contributed by atoms with van der Waals surface area (Å²) in [7, 11) is 0. The number of pyridine rings is 1. The molecule has 1 unspecified atom stereocenters. The molecule has 8 heteroatoms. The number of hydrogen-bond acceptors (Lipinski definition) is 5. The number of rotatable bonds is 6. The van der Waals surface area contributed by atoms with Gasteiger partial charge in [0.2, 0.25) is 0 Å². The molecule has 0 bridgehead atoms. The van der Waals surface area contributed by atoms with Gasteiger partial charge in [0, 0.05) is 29.6 Å². The average molecular weight is 577 g/mol. The number of aliphatic carboxylic acids is 1. The largest absolute Gasteiger partial charge is 0.480 e. The Morgan fingerprint density at radius 3 is 2.26 bits per heavy atom. The van der Waals surface area contributed by atoms with Crippen LogP contribution in [0.25, 0.3) is 11.1 Å². The van der Waals surface area contributed by atoms with Crippen molar-refractivity contribution < 1.29 is 24.2 Å². The van der Waals surface area contributed by atoms with E-state index in [4.69, 9.17) is 9.47 Å². The average Bonchev–Trinajstić information content (AvgIpc) is 3.62. The third kappa shape index (κ3) is 4.29. The van der Waals surface area contributed by atoms with Crippen molar-refractivity contribution in [2.45, 2.75) is 49.2 Å². The summed E-state index contributed by atoms with van der Waals surface area (Å²) >= 11 is 3.37. The molecule has 1 saturated carbocycles. The van der Waals surface area contributed by atoms with Gasteiger partial charge < -0.3 is 14.6 Å². The normalized spacial score (nSPS) is 21.4. The van der Waals surface area contributed by atoms with E-state index in [0.717, 1.165) is 31.2 Å². The Hall–Kier alpha value is -3.23. The molecule has 0 radical (unpaired) electrons. The molecular formula is C30H29BrN2O5. The van der Waals surface area contributed by atoms with Crippen molar-refractivity contribution in [2.24, 2.45) is 0 Å². The van der Waals surface area contributed by atoms with E-state index in [9.17, 15) is 14.7 Å². The number of carbonyl (C=O) groups is 2. The molecular weight excluding hydrogens is 548 g/mol. The number of likely N-dealkylation sites (tertiary alicyclic amines) is 1. The molecule has 196 valence electrons. The van der Waals surface area contributed by atoms with Crippen LogP contribution >= 0.6 is 15.9 Å². The third-order valence-corrected chi connectivity index (χ3v) is 8.89. The third-order valence-electron chi connectivity index (χ3n) is 8.42. The molecule has 1 N–H and O–H groups in total. The molecule has 6 rings (SSSR count). The van der Waals surface area contributed by atoms with Crippen molar-refractivity contribution in [1.29, 1.82) is 0 Å². The first-order valence-corrected chi connectivity index (χ1v) is 13.8. The highest BCUT2D eigenvalue weighted by Gasteiger charge is 2.58. The molecule has 3 aromatic rings. The lowest BCUT2D eigenvalue weighted by Crippen LogP contribution is -2.46. The van der Waals surface area contributed by atoms with E-state index >= 15 is 0 Å². The zero-order valence-electron chi connectivity index (χ0n) is 20.9. The van der Waals surface area contributed by atoms with Gasteiger partial charge in [-0.15, -0.1) is 0 Å². The van der Waals surface area contributed by atoms with Gasteiger partial charge in [-0.2, -0.15) is 0 Å². The molecule has 1 atom stereocenters. The number of nitrogens with zero attached hydrogens (tertiary/aromatic N) is 2. The summed E-state index contributed by atoms with van der Waals surface area (Å²) in [6.07, 6.45) is 5.51. The number of halogens is 1. The van der Waals surface area contributed by atoms with Crippen LogP contribution in [0.5, 0.6) is 0 Å². The molecule has 2 heterocycles. The zero-order valence-corrected chi connectivity index (χ0v) is 22.5. The highest BCUT2D eigenvalue weighted by molar-refractivity contribution is 9.10. The second-order valence-electron chi connectivity index (χ2n) is 10.5. The summed E-state index contributed by atoms with van der Waals surface area (Å²) in [6.45, 7) is 0.00715. The van der Waals surface area contributed by atoms with Gasteiger partial charge in [0.1, 0.15) is 23.4 Å². The number of hydrogen-bond donors (Lipinski definition) is 1. The molecule has 2 fully saturated rings. The van der Waals surface area contributed by atoms with E-state index in [2.05, 4.69) is 45.2 Å². The van der Waals surface area contributed by atoms with Gasteiger partial charge in [-0.1, -0.05) is 67.4 Å². The fraction of sp³-hybridized carbons (Fsp3) is 0.367. The summed E-state index contributed by atoms with van der Waals surface area (Å²) in [5, 5.41) is 9.42. The number of amides is 1. The number of carboxylic acids is 1. The van der Waals surface area contributed by atoms with Gasteiger partial charge in [-0.25, -0.2) is 14.6 Å². The zero-order chi connectivity index (χ0) is 26.3. The summed E-state index contributed by atoms with van der Waals surface area (Å²) in [4.78, 5) is 31.5. The van der Waals surface area contributed by atoms with Crippen LogP contribution < -0.4 is 0 Å². The number of carbonyl (C=O) groups excluding carboxylic acids is 1. The molecule has 2 aromatic carbocycles. The smallest absolute Gasteiger partial charge is 0.410 e. The van der Waals surface area contributed by atoms with Gasteiger partial charge in [0.25, 0.3) is 0 Å². The fourth-order valence-electron chi connectivity index (χ4n) is 6.73. The van der Waals surface area contributed by atoms with Crippen molar-refractivity contribution in [1.82, 2.24) is 9.88 Å². The van der Waals surface area contributed by atoms with Crippen LogP contribution in [0.3, 0.4) is 0 Å². The van der Waals surface area contributed by atoms with Gasteiger partial charge in [-0.3, -0.25) is 4.90 Å². The van der Waals surface area contributed by atoms with Gasteiger partial charge in [0.05, 0.1) is 6.54 Å². The molecule has 1 spiro atoms. The first-order valence-electron chi connectivity index (χ1n) is 13.0. The second-order valence-corrected chi connectivity index (χ2v) is 11.4. The first-order chi connectivity index (χ1) is 18.4. The Bertz CT molecular complexity index is 1330. The first kappa shape index (κ1) is 25.1. The SMILES string of the molecule is O=C(O)COC1(c2ccc(Br)nc2)CN(C(=O)OCC2c3ccccc3-c3ccccc32)C2(CCCC2)C1. The van der Waals surface area contributed by atoms with Gasteiger partial charge in [0.15, 0.2) is 0 Å². The van der Waals surface area contributed by atoms with Crippen LogP contribution in [0.4, 0.5) is 4.79 Å². The number of ether oxygens (including phenoxy) is 2. The summed E-state index contributed by atoms with van der Waals surface area (Å²) in [5.74, 6) is -1.08. The molecule has 1 amide bonds. The van der Waals surface area contributed by atoms with E-state index in [1.807, 2.05) is 41.3 Å². The minimum atomic E-state index is -1.05. The number of aromatic nitrogens is 1. The molecule has 3 aliphatic rings. The predicted octanol–water partition coefficient (Wildman–Crippen LogP) is 6.11. The van der Waals surface area contributed by atoms with Gasteiger partial charge in [-0.05, 0) is 57.1 Å². The van der Waals surface area contributed by atoms with Crippen LogP contribution in [0.2, 0.25) is 0 Å². The van der Waals surface area contributed by atoms with Crippen molar-refractivity contribution in [2.75, 3.05) is 19.8 Å². The van der Waals surface area contributed by atoms with Crippen LogP contribution in [-0.2, 0) is 19.9 Å². The maximum atomic E-state index is 13.8. The van der Waals surface area contributed by atoms with Crippen molar-refractivity contribution in [3.63, 3.8) is 0 Å². The quantitative estimate of drug-likeness (QED) is 0.356. The Balaban J connectivity index is 1.28. The van der Waals surface area contributed by atoms with Crippen LogP contribution in [0.1, 0.15) is 54.7 Å². The van der Waals surface area contributed by atoms with Crippen LogP contribution in [0, 0.1) is 0 Å². The van der Waals surface area contributed by atoms with Crippen LogP contribution in [-0.4, -0.2) is 52.4 Å². The number of benzene rings is 2. The monoisotopic (exact) mass is 576 g/mol. The van der Waals surface area contributed by atoms with E-state index in [0.29, 0.717) is 11.0 Å². The van der Waals surface area contributed by atoms with E-state index < -0.39 is 23.7 Å². The Morgan fingerprint density at radius 1 is 1.00 bits per heavy atom. The Labute approximate surface area is 229 Å². The topological polar surface area (TPSA) is 89.0 Å². The Morgan fingerprint density at radius 2 is 1.66 bits per heavy atom. The van der Waals surface area contributed by atoms with E-state index in [1.54, 1.807) is 6.20 Å². The molecule has 1 aromatic heterocycles. The lowest BCUT2D eigenvalue weighted by Gasteiger charge is -2.34. The Kier molecular flexibility index (Phi) is 6.48. The summed E-state index contributed by atoms with van der Waals surface area (Å²) in [6, 6.07) is 20.3. The van der Waals surface area contributed by atoms with Crippen molar-refractivity contribution >= 4 is 28.0 Å². The number of fused-ring (bicyclic) bond motifs is 3. The molecule has 7 nitrogen and oxygen atoms in total. The summed E-state index contributed by atoms with van der Waals surface area (Å²) < 4.78 is 12.9. The predicted molar refractivity (Wildman–Crippen MR) is 145 cm³/mol. The van der Waals surface area contributed by atoms with Crippen molar-refractivity contribution in [3.8, 4) is 11.1 Å². The maximum Gasteiger partial charge on any atom is 0.410 e. The minimum Gasteiger partial charge on any atom is -0.480 e. The summed E-state index contributed by atoms with van der Waals surface area (Å²) in [5.41, 5.74) is 4.05. The minimum absolute atomic E-state index is 0.0304. The molecule has 1 saturated heterocycles. The lowest BCUT2D eigenvalue weighted by atomic mass is 9.84. The van der Waals surface area contributed by atoms with E-state index in [1.165, 1.54) is 22.3 Å². The standard InChI is InChI=1S/C30H29BrN2O5/c31-26-12-11-20(15-32-26)30(38-17-27(34)35)18-29(13-5-6-14-29)33(19-30)28(36)37-16-25-23-9-3-1-7-21(23)22-8-2-4-10-24(22)25/h1-4,7-12,15,25H,5-6,13-14,16-19H2,(H,34,35). The molecule has 1 aliphatic heterocycles. The lowest BCUT2D eigenvalue weighted by molar-refractivity contribution is -0.150. The molecule has 38 heavy (non-hydrogen) atoms. The fourth-order valence-corrected chi connectivity index (χ4v) is 6.97. The van der Waals surface area contributed by atoms with E-state index in [-0.39, 0.29) is 25.2 Å². The highest BCUT2D eigenvalue weighted by atomic mass is 79.9. The molecule has 2 aliphatic carbocycles. The van der Waals surface area contributed by atoms with Crippen molar-refractivity contribution in [3.05, 3.63) is 88.2 Å². The number of carboxylic acid groups (broad SMARTS) is 1. The van der Waals surface area contributed by atoms with Gasteiger partial charge >= 0.3 is 12.1 Å². The highest BCUT2D eigenvalue weighted by Crippen LogP contribution is 2.52.